The van der Waals surface area contributed by atoms with Gasteiger partial charge < -0.3 is 18.4 Å². The van der Waals surface area contributed by atoms with Gasteiger partial charge in [0, 0.05) is 43.7 Å². The van der Waals surface area contributed by atoms with Crippen LogP contribution in [0.5, 0.6) is 0 Å². The first-order valence-corrected chi connectivity index (χ1v) is 17.6. The number of aromatic nitrogens is 3. The van der Waals surface area contributed by atoms with E-state index in [1.165, 1.54) is 43.6 Å². The zero-order valence-electron chi connectivity index (χ0n) is 27.4. The van der Waals surface area contributed by atoms with Crippen LogP contribution < -0.4 is 0 Å². The van der Waals surface area contributed by atoms with Gasteiger partial charge in [0.05, 0.1) is 39.0 Å². The van der Waals surface area contributed by atoms with E-state index in [9.17, 15) is 4.79 Å². The van der Waals surface area contributed by atoms with Crippen LogP contribution in [0.2, 0.25) is 0 Å². The molecular formula is C45H33N3O2. The maximum absolute atomic E-state index is 13.4. The molecule has 3 unspecified atom stereocenters. The van der Waals surface area contributed by atoms with Gasteiger partial charge in [-0.05, 0) is 85.3 Å². The molecule has 11 rings (SSSR count). The Hall–Kier alpha value is -6.07. The van der Waals surface area contributed by atoms with Gasteiger partial charge in [0.1, 0.15) is 0 Å². The zero-order valence-corrected chi connectivity index (χ0v) is 27.4. The fourth-order valence-electron chi connectivity index (χ4n) is 9.19. The van der Waals surface area contributed by atoms with Gasteiger partial charge in [-0.1, -0.05) is 84.9 Å². The Morgan fingerprint density at radius 2 is 0.980 bits per heavy atom. The average molecular weight is 648 g/mol. The fourth-order valence-corrected chi connectivity index (χ4v) is 9.19. The number of benzene rings is 6. The third-order valence-electron chi connectivity index (χ3n) is 11.4. The lowest BCUT2D eigenvalue weighted by Gasteiger charge is -2.17. The molecule has 0 N–H and O–H groups in total. The van der Waals surface area contributed by atoms with Crippen molar-refractivity contribution < 1.29 is 9.53 Å². The Labute approximate surface area is 288 Å². The van der Waals surface area contributed by atoms with Gasteiger partial charge in [-0.15, -0.1) is 0 Å². The van der Waals surface area contributed by atoms with Crippen LogP contribution in [0.1, 0.15) is 12.8 Å². The SMILES string of the molecule is O=C(OCn1c2ccc(-n3c4ccccc4c4ccccc43)cc2c2cc(-n3c4ccccc4c4ccccc43)ccc21)C1CC2C=CC1C2. The summed E-state index contributed by atoms with van der Waals surface area (Å²) in [4.78, 5) is 13.4. The molecule has 0 amide bonds. The second-order valence-corrected chi connectivity index (χ2v) is 14.0. The normalized spacial score (nSPS) is 18.5. The molecule has 5 nitrogen and oxygen atoms in total. The van der Waals surface area contributed by atoms with Crippen LogP contribution in [0.3, 0.4) is 0 Å². The predicted molar refractivity (Wildman–Crippen MR) is 203 cm³/mol. The Bertz CT molecular complexity index is 2610. The Kier molecular flexibility index (Phi) is 5.83. The minimum absolute atomic E-state index is 0.0399. The van der Waals surface area contributed by atoms with Crippen LogP contribution in [0.4, 0.5) is 0 Å². The largest absolute Gasteiger partial charge is 0.444 e. The van der Waals surface area contributed by atoms with Gasteiger partial charge in [-0.2, -0.15) is 0 Å². The third-order valence-corrected chi connectivity index (χ3v) is 11.4. The van der Waals surface area contributed by atoms with Gasteiger partial charge in [0.2, 0.25) is 0 Å². The number of hydrogen-bond acceptors (Lipinski definition) is 2. The number of ether oxygens (including phenoxy) is 1. The van der Waals surface area contributed by atoms with E-state index in [0.29, 0.717) is 11.8 Å². The summed E-state index contributed by atoms with van der Waals surface area (Å²) in [6.45, 7) is 0.180. The van der Waals surface area contributed by atoms with Crippen molar-refractivity contribution in [2.75, 3.05) is 0 Å². The maximum Gasteiger partial charge on any atom is 0.311 e. The lowest BCUT2D eigenvalue weighted by Crippen LogP contribution is -2.22. The molecule has 9 aromatic rings. The molecule has 2 bridgehead atoms. The highest BCUT2D eigenvalue weighted by Gasteiger charge is 2.40. The first-order valence-electron chi connectivity index (χ1n) is 17.6. The van der Waals surface area contributed by atoms with Crippen LogP contribution in [-0.4, -0.2) is 19.7 Å². The Morgan fingerprint density at radius 3 is 1.40 bits per heavy atom. The van der Waals surface area contributed by atoms with Crippen molar-refractivity contribution in [1.29, 1.82) is 0 Å². The number of esters is 1. The fraction of sp³-hybridized carbons (Fsp3) is 0.133. The van der Waals surface area contributed by atoms with E-state index in [4.69, 9.17) is 4.74 Å². The number of nitrogens with zero attached hydrogens (tertiary/aromatic N) is 3. The number of allylic oxidation sites excluding steroid dienone is 2. The first-order chi connectivity index (χ1) is 24.7. The zero-order chi connectivity index (χ0) is 32.9. The quantitative estimate of drug-likeness (QED) is 0.138. The van der Waals surface area contributed by atoms with E-state index in [1.54, 1.807) is 0 Å². The van der Waals surface area contributed by atoms with Gasteiger partial charge in [0.25, 0.3) is 0 Å². The monoisotopic (exact) mass is 647 g/mol. The van der Waals surface area contributed by atoms with Gasteiger partial charge in [0.15, 0.2) is 6.73 Å². The highest BCUT2D eigenvalue weighted by molar-refractivity contribution is 6.13. The summed E-state index contributed by atoms with van der Waals surface area (Å²) in [7, 11) is 0. The van der Waals surface area contributed by atoms with Crippen molar-refractivity contribution in [3.05, 3.63) is 146 Å². The van der Waals surface area contributed by atoms with E-state index in [-0.39, 0.29) is 18.6 Å². The van der Waals surface area contributed by atoms with Crippen LogP contribution in [0.25, 0.3) is 76.8 Å². The number of carbonyl (C=O) groups is 1. The summed E-state index contributed by atoms with van der Waals surface area (Å²) in [5.74, 6) is 0.708. The minimum atomic E-state index is -0.0827. The van der Waals surface area contributed by atoms with Crippen molar-refractivity contribution in [1.82, 2.24) is 13.7 Å². The molecule has 6 aromatic carbocycles. The van der Waals surface area contributed by atoms with E-state index < -0.39 is 0 Å². The Morgan fingerprint density at radius 1 is 0.520 bits per heavy atom. The summed E-state index contributed by atoms with van der Waals surface area (Å²) in [6, 6.07) is 47.9. The van der Waals surface area contributed by atoms with Gasteiger partial charge in [-0.25, -0.2) is 0 Å². The van der Waals surface area contributed by atoms with Crippen LogP contribution >= 0.6 is 0 Å². The lowest BCUT2D eigenvalue weighted by molar-refractivity contribution is -0.153. The van der Waals surface area contributed by atoms with E-state index in [1.807, 2.05) is 0 Å². The van der Waals surface area contributed by atoms with Crippen molar-refractivity contribution >= 4 is 71.4 Å². The van der Waals surface area contributed by atoms with Gasteiger partial charge in [-0.3, -0.25) is 4.79 Å². The maximum atomic E-state index is 13.4. The molecular weight excluding hydrogens is 615 g/mol. The molecule has 0 spiro atoms. The van der Waals surface area contributed by atoms with Crippen molar-refractivity contribution in [2.24, 2.45) is 17.8 Å². The second-order valence-electron chi connectivity index (χ2n) is 14.0. The van der Waals surface area contributed by atoms with Crippen molar-refractivity contribution in [3.8, 4) is 11.4 Å². The van der Waals surface area contributed by atoms with Crippen molar-refractivity contribution in [2.45, 2.75) is 19.6 Å². The number of hydrogen-bond donors (Lipinski definition) is 0. The molecule has 5 heteroatoms. The molecule has 1 fully saturated rings. The summed E-state index contributed by atoms with van der Waals surface area (Å²) in [5, 5.41) is 7.20. The molecule has 2 aliphatic carbocycles. The smallest absolute Gasteiger partial charge is 0.311 e. The minimum Gasteiger partial charge on any atom is -0.444 e. The van der Waals surface area contributed by atoms with Crippen LogP contribution in [0.15, 0.2) is 146 Å². The molecule has 3 heterocycles. The van der Waals surface area contributed by atoms with E-state index >= 15 is 0 Å². The summed E-state index contributed by atoms with van der Waals surface area (Å²) < 4.78 is 13.1. The van der Waals surface area contributed by atoms with E-state index in [0.717, 1.165) is 46.0 Å². The topological polar surface area (TPSA) is 41.1 Å². The first kappa shape index (κ1) is 27.8. The van der Waals surface area contributed by atoms with E-state index in [2.05, 4.69) is 159 Å². The molecule has 1 saturated carbocycles. The number of carbonyl (C=O) groups excluding carboxylic acids is 1. The molecule has 50 heavy (non-hydrogen) atoms. The summed E-state index contributed by atoms with van der Waals surface area (Å²) in [6.07, 6.45) is 6.46. The number of fused-ring (bicyclic) bond motifs is 11. The highest BCUT2D eigenvalue weighted by atomic mass is 16.5. The molecule has 3 aromatic heterocycles. The molecule has 2 aliphatic rings. The standard InChI is InChI=1S/C45H33N3O2/c49-45(36-24-28-17-18-29(36)23-28)50-27-46-39-21-19-30(47-41-13-5-1-9-32(41)33-10-2-6-14-42(33)47)25-37(39)38-26-31(20-22-40(38)46)48-43-15-7-3-11-34(43)35-12-4-8-16-44(35)48/h1-22,25-26,28-29,36H,23-24,27H2. The second kappa shape index (κ2) is 10.5. The number of para-hydroxylation sites is 4. The average Bonchev–Trinajstić information content (AvgIpc) is 3.99. The molecule has 0 radical (unpaired) electrons. The number of rotatable bonds is 5. The van der Waals surface area contributed by atoms with Crippen molar-refractivity contribution in [3.63, 3.8) is 0 Å². The van der Waals surface area contributed by atoms with Crippen LogP contribution in [-0.2, 0) is 16.3 Å². The molecule has 3 atom stereocenters. The van der Waals surface area contributed by atoms with Gasteiger partial charge >= 0.3 is 5.97 Å². The lowest BCUT2D eigenvalue weighted by atomic mass is 9.94. The molecule has 0 aliphatic heterocycles. The predicted octanol–water partition coefficient (Wildman–Crippen LogP) is 10.7. The Balaban J connectivity index is 1.12. The highest BCUT2D eigenvalue weighted by Crippen LogP contribution is 2.44. The summed E-state index contributed by atoms with van der Waals surface area (Å²) in [5.41, 5.74) is 9.00. The molecule has 240 valence electrons. The molecule has 0 saturated heterocycles. The third kappa shape index (κ3) is 3.92. The summed E-state index contributed by atoms with van der Waals surface area (Å²) >= 11 is 0. The van der Waals surface area contributed by atoms with Crippen LogP contribution in [0, 0.1) is 17.8 Å².